The second kappa shape index (κ2) is 7.37. The van der Waals surface area contributed by atoms with Crippen molar-refractivity contribution in [3.63, 3.8) is 0 Å². The molecule has 0 aliphatic heterocycles. The van der Waals surface area contributed by atoms with Crippen LogP contribution < -0.4 is 0 Å². The molecule has 1 fully saturated rings. The van der Waals surface area contributed by atoms with E-state index in [9.17, 15) is 0 Å². The number of methoxy groups -OCH3 is 2. The number of aromatic nitrogens is 2. The van der Waals surface area contributed by atoms with Crippen LogP contribution in [-0.4, -0.2) is 36.4 Å². The Balaban J connectivity index is 1.70. The SMILES string of the molecule is COC1CCC(OC)C(CCc2ccc3ncnc(C)c3c2)C1. The molecular formula is C19H26N2O2. The van der Waals surface area contributed by atoms with Gasteiger partial charge in [-0.15, -0.1) is 0 Å². The fourth-order valence-corrected chi connectivity index (χ4v) is 3.76. The lowest BCUT2D eigenvalue weighted by Crippen LogP contribution is -2.34. The Hall–Kier alpha value is -1.52. The van der Waals surface area contributed by atoms with Crippen molar-refractivity contribution in [3.8, 4) is 0 Å². The molecule has 0 radical (unpaired) electrons. The Kier molecular flexibility index (Phi) is 5.23. The zero-order valence-corrected chi connectivity index (χ0v) is 14.3. The van der Waals surface area contributed by atoms with Gasteiger partial charge in [0.05, 0.1) is 17.7 Å². The van der Waals surface area contributed by atoms with E-state index in [0.717, 1.165) is 48.7 Å². The van der Waals surface area contributed by atoms with Gasteiger partial charge in [0.25, 0.3) is 0 Å². The molecule has 3 atom stereocenters. The first-order chi connectivity index (χ1) is 11.2. The average Bonchev–Trinajstić information content (AvgIpc) is 2.60. The van der Waals surface area contributed by atoms with Crippen molar-refractivity contribution < 1.29 is 9.47 Å². The first-order valence-corrected chi connectivity index (χ1v) is 8.47. The lowest BCUT2D eigenvalue weighted by Gasteiger charge is -2.34. The van der Waals surface area contributed by atoms with Crippen molar-refractivity contribution in [3.05, 3.63) is 35.8 Å². The summed E-state index contributed by atoms with van der Waals surface area (Å²) >= 11 is 0. The van der Waals surface area contributed by atoms with Crippen LogP contribution in [-0.2, 0) is 15.9 Å². The fraction of sp³-hybridized carbons (Fsp3) is 0.579. The van der Waals surface area contributed by atoms with Gasteiger partial charge in [-0.05, 0) is 62.6 Å². The quantitative estimate of drug-likeness (QED) is 0.844. The highest BCUT2D eigenvalue weighted by molar-refractivity contribution is 5.81. The van der Waals surface area contributed by atoms with Gasteiger partial charge in [-0.3, -0.25) is 0 Å². The Morgan fingerprint density at radius 1 is 1.13 bits per heavy atom. The molecular weight excluding hydrogens is 288 g/mol. The number of hydrogen-bond donors (Lipinski definition) is 0. The number of benzene rings is 1. The van der Waals surface area contributed by atoms with E-state index in [1.54, 1.807) is 6.33 Å². The second-order valence-corrected chi connectivity index (χ2v) is 6.55. The van der Waals surface area contributed by atoms with Crippen LogP contribution in [0, 0.1) is 12.8 Å². The van der Waals surface area contributed by atoms with E-state index in [1.165, 1.54) is 5.56 Å². The molecule has 1 aliphatic rings. The Morgan fingerprint density at radius 2 is 2.00 bits per heavy atom. The van der Waals surface area contributed by atoms with Crippen LogP contribution in [0.3, 0.4) is 0 Å². The molecule has 0 bridgehead atoms. The third kappa shape index (κ3) is 3.70. The van der Waals surface area contributed by atoms with Crippen molar-refractivity contribution in [1.82, 2.24) is 9.97 Å². The van der Waals surface area contributed by atoms with E-state index in [0.29, 0.717) is 18.1 Å². The monoisotopic (exact) mass is 314 g/mol. The fourth-order valence-electron chi connectivity index (χ4n) is 3.76. The minimum absolute atomic E-state index is 0.368. The van der Waals surface area contributed by atoms with Gasteiger partial charge < -0.3 is 9.47 Å². The molecule has 4 nitrogen and oxygen atoms in total. The van der Waals surface area contributed by atoms with Gasteiger partial charge in [0.15, 0.2) is 0 Å². The summed E-state index contributed by atoms with van der Waals surface area (Å²) in [7, 11) is 3.66. The molecule has 0 spiro atoms. The Labute approximate surface area is 138 Å². The molecule has 2 aromatic rings. The third-order valence-corrected chi connectivity index (χ3v) is 5.20. The number of fused-ring (bicyclic) bond motifs is 1. The first kappa shape index (κ1) is 16.3. The average molecular weight is 314 g/mol. The summed E-state index contributed by atoms with van der Waals surface area (Å²) in [4.78, 5) is 8.63. The van der Waals surface area contributed by atoms with Gasteiger partial charge in [0.1, 0.15) is 6.33 Å². The molecule has 1 aromatic heterocycles. The van der Waals surface area contributed by atoms with Crippen LogP contribution in [0.15, 0.2) is 24.5 Å². The summed E-state index contributed by atoms with van der Waals surface area (Å²) in [5, 5.41) is 1.16. The van der Waals surface area contributed by atoms with E-state index in [2.05, 4.69) is 28.2 Å². The van der Waals surface area contributed by atoms with Crippen LogP contribution in [0.4, 0.5) is 0 Å². The zero-order chi connectivity index (χ0) is 16.2. The molecule has 0 amide bonds. The molecule has 3 rings (SSSR count). The molecule has 3 unspecified atom stereocenters. The molecule has 0 saturated heterocycles. The number of aryl methyl sites for hydroxylation is 2. The summed E-state index contributed by atoms with van der Waals surface area (Å²) in [6, 6.07) is 6.53. The van der Waals surface area contributed by atoms with Gasteiger partial charge >= 0.3 is 0 Å². The standard InChI is InChI=1S/C19H26N2O2/c1-13-17-10-14(5-8-18(17)21-12-20-13)4-6-15-11-16(22-2)7-9-19(15)23-3/h5,8,10,12,15-16,19H,4,6-7,9,11H2,1-3H3. The topological polar surface area (TPSA) is 44.2 Å². The van der Waals surface area contributed by atoms with Crippen LogP contribution in [0.25, 0.3) is 10.9 Å². The summed E-state index contributed by atoms with van der Waals surface area (Å²) in [5.41, 5.74) is 3.42. The zero-order valence-electron chi connectivity index (χ0n) is 14.3. The maximum Gasteiger partial charge on any atom is 0.116 e. The highest BCUT2D eigenvalue weighted by Gasteiger charge is 2.30. The number of rotatable bonds is 5. The van der Waals surface area contributed by atoms with Gasteiger partial charge in [-0.25, -0.2) is 9.97 Å². The highest BCUT2D eigenvalue weighted by atomic mass is 16.5. The maximum atomic E-state index is 5.70. The Bertz CT molecular complexity index is 659. The predicted octanol–water partition coefficient (Wildman–Crippen LogP) is 3.70. The molecule has 4 heteroatoms. The normalized spacial score (nSPS) is 24.9. The smallest absolute Gasteiger partial charge is 0.116 e. The molecule has 1 heterocycles. The third-order valence-electron chi connectivity index (χ3n) is 5.20. The van der Waals surface area contributed by atoms with Crippen molar-refractivity contribution in [2.45, 2.75) is 51.2 Å². The Morgan fingerprint density at radius 3 is 2.78 bits per heavy atom. The van der Waals surface area contributed by atoms with E-state index >= 15 is 0 Å². The minimum Gasteiger partial charge on any atom is -0.381 e. The van der Waals surface area contributed by atoms with Gasteiger partial charge in [-0.1, -0.05) is 6.07 Å². The van der Waals surface area contributed by atoms with Crippen molar-refractivity contribution in [1.29, 1.82) is 0 Å². The molecule has 1 aliphatic carbocycles. The van der Waals surface area contributed by atoms with Gasteiger partial charge in [0, 0.05) is 25.3 Å². The summed E-state index contributed by atoms with van der Waals surface area (Å²) in [6.07, 6.45) is 7.90. The van der Waals surface area contributed by atoms with Crippen LogP contribution in [0.2, 0.25) is 0 Å². The van der Waals surface area contributed by atoms with Crippen LogP contribution in [0.1, 0.15) is 36.9 Å². The molecule has 1 aromatic carbocycles. The van der Waals surface area contributed by atoms with E-state index in [1.807, 2.05) is 21.1 Å². The van der Waals surface area contributed by atoms with E-state index < -0.39 is 0 Å². The van der Waals surface area contributed by atoms with Crippen molar-refractivity contribution in [2.75, 3.05) is 14.2 Å². The predicted molar refractivity (Wildman–Crippen MR) is 91.5 cm³/mol. The van der Waals surface area contributed by atoms with Crippen LogP contribution in [0.5, 0.6) is 0 Å². The number of ether oxygens (including phenoxy) is 2. The maximum absolute atomic E-state index is 5.70. The van der Waals surface area contributed by atoms with Gasteiger partial charge in [-0.2, -0.15) is 0 Å². The van der Waals surface area contributed by atoms with Crippen molar-refractivity contribution >= 4 is 10.9 Å². The summed E-state index contributed by atoms with van der Waals surface area (Å²) in [5.74, 6) is 0.572. The minimum atomic E-state index is 0.368. The number of hydrogen-bond acceptors (Lipinski definition) is 4. The van der Waals surface area contributed by atoms with E-state index in [4.69, 9.17) is 9.47 Å². The molecule has 0 N–H and O–H groups in total. The lowest BCUT2D eigenvalue weighted by atomic mass is 9.81. The first-order valence-electron chi connectivity index (χ1n) is 8.47. The lowest BCUT2D eigenvalue weighted by molar-refractivity contribution is -0.0363. The van der Waals surface area contributed by atoms with Crippen molar-refractivity contribution in [2.24, 2.45) is 5.92 Å². The van der Waals surface area contributed by atoms with Gasteiger partial charge in [0.2, 0.25) is 0 Å². The highest BCUT2D eigenvalue weighted by Crippen LogP contribution is 2.32. The number of nitrogens with zero attached hydrogens (tertiary/aromatic N) is 2. The van der Waals surface area contributed by atoms with Crippen LogP contribution >= 0.6 is 0 Å². The summed E-state index contributed by atoms with van der Waals surface area (Å²) < 4.78 is 11.3. The summed E-state index contributed by atoms with van der Waals surface area (Å²) in [6.45, 7) is 2.04. The molecule has 1 saturated carbocycles. The van der Waals surface area contributed by atoms with E-state index in [-0.39, 0.29) is 0 Å². The molecule has 124 valence electrons. The molecule has 23 heavy (non-hydrogen) atoms. The largest absolute Gasteiger partial charge is 0.381 e. The second-order valence-electron chi connectivity index (χ2n) is 6.55.